The number of hydrogen-bond donors (Lipinski definition) is 0. The summed E-state index contributed by atoms with van der Waals surface area (Å²) in [5.74, 6) is 3.15. The van der Waals surface area contributed by atoms with Gasteiger partial charge >= 0.3 is 0 Å². The Labute approximate surface area is 163 Å². The van der Waals surface area contributed by atoms with Crippen LogP contribution in [0.4, 0.5) is 0 Å². The fraction of sp³-hybridized carbons (Fsp3) is 0.364. The van der Waals surface area contributed by atoms with Crippen LogP contribution in [0.2, 0.25) is 0 Å². The zero-order chi connectivity index (χ0) is 18.5. The molecule has 2 saturated heterocycles. The molecule has 3 aliphatic rings. The molecule has 0 spiro atoms. The maximum absolute atomic E-state index is 5.64. The quantitative estimate of drug-likeness (QED) is 0.685. The van der Waals surface area contributed by atoms with Crippen LogP contribution in [0.1, 0.15) is 42.6 Å². The first kappa shape index (κ1) is 16.1. The van der Waals surface area contributed by atoms with E-state index < -0.39 is 0 Å². The molecule has 0 aliphatic carbocycles. The molecule has 0 N–H and O–H groups in total. The lowest BCUT2D eigenvalue weighted by Crippen LogP contribution is -2.27. The van der Waals surface area contributed by atoms with Gasteiger partial charge in [0.05, 0.1) is 0 Å². The van der Waals surface area contributed by atoms with E-state index in [0.717, 1.165) is 35.9 Å². The van der Waals surface area contributed by atoms with Gasteiger partial charge in [-0.05, 0) is 49.6 Å². The first-order valence-electron chi connectivity index (χ1n) is 9.91. The number of hydrogen-bond acceptors (Lipinski definition) is 6. The minimum Gasteiger partial charge on any atom is -0.454 e. The number of aromatic nitrogens is 2. The van der Waals surface area contributed by atoms with Gasteiger partial charge in [-0.15, -0.1) is 0 Å². The molecule has 28 heavy (non-hydrogen) atoms. The van der Waals surface area contributed by atoms with Crippen molar-refractivity contribution in [3.05, 3.63) is 59.9 Å². The Morgan fingerprint density at radius 1 is 1.00 bits per heavy atom. The van der Waals surface area contributed by atoms with Gasteiger partial charge in [-0.2, -0.15) is 4.98 Å². The first-order valence-corrected chi connectivity index (χ1v) is 9.91. The van der Waals surface area contributed by atoms with Crippen molar-refractivity contribution in [3.63, 3.8) is 0 Å². The van der Waals surface area contributed by atoms with Crippen LogP contribution in [-0.2, 0) is 0 Å². The predicted molar refractivity (Wildman–Crippen MR) is 102 cm³/mol. The van der Waals surface area contributed by atoms with Gasteiger partial charge in [-0.1, -0.05) is 35.5 Å². The largest absolute Gasteiger partial charge is 0.454 e. The molecule has 0 amide bonds. The van der Waals surface area contributed by atoms with Crippen LogP contribution in [0, 0.1) is 0 Å². The third kappa shape index (κ3) is 2.52. The van der Waals surface area contributed by atoms with Gasteiger partial charge in [0, 0.05) is 23.6 Å². The highest BCUT2D eigenvalue weighted by molar-refractivity contribution is 5.60. The zero-order valence-corrected chi connectivity index (χ0v) is 15.5. The Kier molecular flexibility index (Phi) is 3.65. The lowest BCUT2D eigenvalue weighted by atomic mass is 9.94. The van der Waals surface area contributed by atoms with E-state index in [1.54, 1.807) is 0 Å². The Morgan fingerprint density at radius 2 is 1.89 bits per heavy atom. The average molecular weight is 375 g/mol. The van der Waals surface area contributed by atoms with Crippen molar-refractivity contribution in [2.24, 2.45) is 0 Å². The van der Waals surface area contributed by atoms with E-state index in [1.165, 1.54) is 18.4 Å². The summed E-state index contributed by atoms with van der Waals surface area (Å²) < 4.78 is 16.5. The molecule has 142 valence electrons. The Bertz CT molecular complexity index is 1000. The lowest BCUT2D eigenvalue weighted by molar-refractivity contribution is 0.174. The monoisotopic (exact) mass is 375 g/mol. The molecule has 6 heteroatoms. The molecule has 3 aromatic rings. The maximum atomic E-state index is 5.64. The van der Waals surface area contributed by atoms with Crippen LogP contribution in [-0.4, -0.2) is 34.4 Å². The second-order valence-electron chi connectivity index (χ2n) is 7.74. The lowest BCUT2D eigenvalue weighted by Gasteiger charge is -2.24. The molecule has 0 saturated carbocycles. The van der Waals surface area contributed by atoms with E-state index in [9.17, 15) is 0 Å². The fourth-order valence-electron chi connectivity index (χ4n) is 4.98. The summed E-state index contributed by atoms with van der Waals surface area (Å²) in [6.45, 7) is 1.40. The van der Waals surface area contributed by atoms with Crippen LogP contribution in [0.5, 0.6) is 11.5 Å². The second kappa shape index (κ2) is 6.34. The summed E-state index contributed by atoms with van der Waals surface area (Å²) in [6.07, 6.45) is 3.47. The van der Waals surface area contributed by atoms with E-state index in [4.69, 9.17) is 19.0 Å². The molecule has 0 radical (unpaired) electrons. The number of rotatable bonds is 3. The second-order valence-corrected chi connectivity index (χ2v) is 7.74. The average Bonchev–Trinajstić information content (AvgIpc) is 3.51. The van der Waals surface area contributed by atoms with E-state index in [2.05, 4.69) is 40.4 Å². The van der Waals surface area contributed by atoms with E-state index in [0.29, 0.717) is 23.9 Å². The summed E-state index contributed by atoms with van der Waals surface area (Å²) in [5.41, 5.74) is 2.25. The van der Waals surface area contributed by atoms with Crippen LogP contribution >= 0.6 is 0 Å². The smallest absolute Gasteiger partial charge is 0.258 e. The van der Waals surface area contributed by atoms with Crippen LogP contribution < -0.4 is 9.47 Å². The number of benzene rings is 2. The molecule has 0 bridgehead atoms. The van der Waals surface area contributed by atoms with Gasteiger partial charge in [0.1, 0.15) is 0 Å². The highest BCUT2D eigenvalue weighted by Gasteiger charge is 2.46. The van der Waals surface area contributed by atoms with Gasteiger partial charge < -0.3 is 14.0 Å². The number of fused-ring (bicyclic) bond motifs is 2. The molecule has 0 unspecified atom stereocenters. The van der Waals surface area contributed by atoms with E-state index >= 15 is 0 Å². The number of nitrogens with zero attached hydrogens (tertiary/aromatic N) is 3. The zero-order valence-electron chi connectivity index (χ0n) is 15.5. The van der Waals surface area contributed by atoms with Crippen molar-refractivity contribution < 1.29 is 14.0 Å². The van der Waals surface area contributed by atoms with Crippen LogP contribution in [0.25, 0.3) is 11.5 Å². The Morgan fingerprint density at radius 3 is 2.82 bits per heavy atom. The van der Waals surface area contributed by atoms with E-state index in [1.807, 2.05) is 18.2 Å². The third-order valence-electron chi connectivity index (χ3n) is 6.26. The highest BCUT2D eigenvalue weighted by atomic mass is 16.7. The van der Waals surface area contributed by atoms with Gasteiger partial charge in [0.25, 0.3) is 5.89 Å². The van der Waals surface area contributed by atoms with Crippen molar-refractivity contribution in [2.45, 2.75) is 37.3 Å². The summed E-state index contributed by atoms with van der Waals surface area (Å²) in [7, 11) is 0. The van der Waals surface area contributed by atoms with Gasteiger partial charge in [0.2, 0.25) is 6.79 Å². The molecule has 2 fully saturated rings. The van der Waals surface area contributed by atoms with Crippen molar-refractivity contribution >= 4 is 0 Å². The van der Waals surface area contributed by atoms with Crippen LogP contribution in [0.3, 0.4) is 0 Å². The van der Waals surface area contributed by atoms with Gasteiger partial charge in [0.15, 0.2) is 17.3 Å². The molecule has 1 aromatic heterocycles. The Balaban J connectivity index is 1.30. The van der Waals surface area contributed by atoms with Crippen LogP contribution in [0.15, 0.2) is 53.1 Å². The van der Waals surface area contributed by atoms with Crippen molar-refractivity contribution in [2.75, 3.05) is 13.3 Å². The van der Waals surface area contributed by atoms with Gasteiger partial charge in [-0.25, -0.2) is 0 Å². The molecular weight excluding hydrogens is 354 g/mol. The first-order chi connectivity index (χ1) is 13.9. The highest BCUT2D eigenvalue weighted by Crippen LogP contribution is 2.48. The van der Waals surface area contributed by atoms with Crippen molar-refractivity contribution in [3.8, 4) is 23.0 Å². The normalized spacial score (nSPS) is 25.9. The SMILES string of the molecule is c1ccc([C@@H]2C[C@H](c3noc(-c4ccc5c(c4)OCO5)n3)[C@H]3CCCN32)cc1. The molecule has 6 rings (SSSR count). The standard InChI is InChI=1S/C22H21N3O3/c1-2-5-14(6-3-1)18-12-16(17-7-4-10-25(17)18)21-23-22(28-24-21)15-8-9-19-20(11-15)27-13-26-19/h1-3,5-6,8-9,11,16-18H,4,7,10,12-13H2/t16-,17+,18-/m0/s1. The molecule has 6 nitrogen and oxygen atoms in total. The molecular formula is C22H21N3O3. The number of ether oxygens (including phenoxy) is 2. The Hall–Kier alpha value is -2.86. The summed E-state index contributed by atoms with van der Waals surface area (Å²) in [6, 6.07) is 17.5. The van der Waals surface area contributed by atoms with Crippen molar-refractivity contribution in [1.82, 2.24) is 15.0 Å². The minimum absolute atomic E-state index is 0.258. The van der Waals surface area contributed by atoms with E-state index in [-0.39, 0.29) is 6.79 Å². The van der Waals surface area contributed by atoms with Crippen molar-refractivity contribution in [1.29, 1.82) is 0 Å². The predicted octanol–water partition coefficient (Wildman–Crippen LogP) is 4.16. The minimum atomic E-state index is 0.258. The molecule has 3 atom stereocenters. The van der Waals surface area contributed by atoms with Gasteiger partial charge in [-0.3, -0.25) is 4.90 Å². The molecule has 4 heterocycles. The summed E-state index contributed by atoms with van der Waals surface area (Å²) in [4.78, 5) is 7.41. The summed E-state index contributed by atoms with van der Waals surface area (Å²) >= 11 is 0. The summed E-state index contributed by atoms with van der Waals surface area (Å²) in [5, 5.41) is 4.37. The molecule has 2 aromatic carbocycles. The maximum Gasteiger partial charge on any atom is 0.258 e. The fourth-order valence-corrected chi connectivity index (χ4v) is 4.98. The topological polar surface area (TPSA) is 60.6 Å². The third-order valence-corrected chi connectivity index (χ3v) is 6.26. The molecule has 3 aliphatic heterocycles.